The van der Waals surface area contributed by atoms with Crippen LogP contribution < -0.4 is 5.73 Å². The van der Waals surface area contributed by atoms with Gasteiger partial charge in [-0.2, -0.15) is 0 Å². The Hall–Kier alpha value is 0.180. The number of fused-ring (bicyclic) bond motifs is 4. The SMILES string of the molecule is Cl.NC12CCCC(F)(CC1)CC2. The molecule has 0 aromatic carbocycles. The van der Waals surface area contributed by atoms with Gasteiger partial charge in [0.25, 0.3) is 0 Å². The third-order valence-corrected chi connectivity index (χ3v) is 3.44. The van der Waals surface area contributed by atoms with Crippen molar-refractivity contribution >= 4 is 12.4 Å². The first kappa shape index (κ1) is 10.3. The lowest BCUT2D eigenvalue weighted by Gasteiger charge is -2.36. The van der Waals surface area contributed by atoms with E-state index < -0.39 is 5.67 Å². The Kier molecular flexibility index (Phi) is 2.69. The number of hydrogen-bond donors (Lipinski definition) is 1. The van der Waals surface area contributed by atoms with Gasteiger partial charge in [-0.3, -0.25) is 0 Å². The monoisotopic (exact) mass is 193 g/mol. The standard InChI is InChI=1S/C9H16FN.ClH/c10-8-2-1-3-9(11,6-4-8)7-5-8;/h1-7,11H2;1H. The lowest BCUT2D eigenvalue weighted by Crippen LogP contribution is -2.44. The first-order valence-electron chi connectivity index (χ1n) is 4.60. The molecule has 0 atom stereocenters. The highest BCUT2D eigenvalue weighted by Crippen LogP contribution is 2.45. The molecule has 0 aromatic rings. The summed E-state index contributed by atoms with van der Waals surface area (Å²) in [6.45, 7) is 0. The average Bonchev–Trinajstić information content (AvgIpc) is 2.18. The van der Waals surface area contributed by atoms with Gasteiger partial charge in [0.15, 0.2) is 0 Å². The molecule has 3 fully saturated rings. The van der Waals surface area contributed by atoms with E-state index in [1.807, 2.05) is 0 Å². The number of nitrogens with two attached hydrogens (primary N) is 1. The molecule has 0 amide bonds. The van der Waals surface area contributed by atoms with Crippen LogP contribution in [0, 0.1) is 0 Å². The Labute approximate surface area is 79.3 Å². The van der Waals surface area contributed by atoms with E-state index in [0.717, 1.165) is 32.1 Å². The highest BCUT2D eigenvalue weighted by atomic mass is 35.5. The first-order valence-corrected chi connectivity index (χ1v) is 4.60. The summed E-state index contributed by atoms with van der Waals surface area (Å²) in [6, 6.07) is 0. The van der Waals surface area contributed by atoms with Crippen LogP contribution in [0.15, 0.2) is 0 Å². The summed E-state index contributed by atoms with van der Waals surface area (Å²) in [5, 5.41) is 0. The fourth-order valence-corrected chi connectivity index (χ4v) is 2.45. The molecule has 0 heterocycles. The molecule has 3 saturated carbocycles. The number of alkyl halides is 1. The molecule has 0 aromatic heterocycles. The van der Waals surface area contributed by atoms with Crippen molar-refractivity contribution in [3.63, 3.8) is 0 Å². The van der Waals surface area contributed by atoms with Crippen molar-refractivity contribution in [1.82, 2.24) is 0 Å². The van der Waals surface area contributed by atoms with E-state index in [4.69, 9.17) is 5.73 Å². The number of halogens is 2. The number of rotatable bonds is 0. The predicted molar refractivity (Wildman–Crippen MR) is 50.3 cm³/mol. The second kappa shape index (κ2) is 3.15. The molecule has 2 bridgehead atoms. The van der Waals surface area contributed by atoms with Gasteiger partial charge in [-0.1, -0.05) is 0 Å². The van der Waals surface area contributed by atoms with E-state index in [1.165, 1.54) is 0 Å². The van der Waals surface area contributed by atoms with Gasteiger partial charge >= 0.3 is 0 Å². The molecular weight excluding hydrogens is 177 g/mol. The quantitative estimate of drug-likeness (QED) is 0.629. The zero-order valence-electron chi connectivity index (χ0n) is 7.31. The first-order chi connectivity index (χ1) is 5.12. The predicted octanol–water partition coefficient (Wildman–Crippen LogP) is 2.57. The third kappa shape index (κ3) is 1.74. The second-order valence-electron chi connectivity index (χ2n) is 4.37. The van der Waals surface area contributed by atoms with Crippen LogP contribution in [0.1, 0.15) is 44.9 Å². The van der Waals surface area contributed by atoms with Gasteiger partial charge in [-0.15, -0.1) is 12.4 Å². The zero-order valence-corrected chi connectivity index (χ0v) is 8.13. The molecule has 2 N–H and O–H groups in total. The van der Waals surface area contributed by atoms with Crippen LogP contribution >= 0.6 is 12.4 Å². The Balaban J connectivity index is 0.000000720. The van der Waals surface area contributed by atoms with Gasteiger partial charge in [0, 0.05) is 5.54 Å². The van der Waals surface area contributed by atoms with Crippen molar-refractivity contribution in [2.45, 2.75) is 56.2 Å². The van der Waals surface area contributed by atoms with Crippen LogP contribution in [0.2, 0.25) is 0 Å². The van der Waals surface area contributed by atoms with Crippen molar-refractivity contribution in [2.24, 2.45) is 5.73 Å². The Morgan fingerprint density at radius 2 is 1.50 bits per heavy atom. The minimum Gasteiger partial charge on any atom is -0.325 e. The molecule has 3 aliphatic rings. The van der Waals surface area contributed by atoms with Gasteiger partial charge < -0.3 is 5.73 Å². The minimum atomic E-state index is -0.834. The minimum absolute atomic E-state index is 0. The summed E-state index contributed by atoms with van der Waals surface area (Å²) in [6.07, 6.45) is 6.03. The summed E-state index contributed by atoms with van der Waals surface area (Å²) in [5.74, 6) is 0. The normalized spacial score (nSPS) is 46.5. The van der Waals surface area contributed by atoms with Gasteiger partial charge in [-0.25, -0.2) is 4.39 Å². The molecule has 0 unspecified atom stereocenters. The fourth-order valence-electron chi connectivity index (χ4n) is 2.45. The van der Waals surface area contributed by atoms with Crippen molar-refractivity contribution in [3.05, 3.63) is 0 Å². The smallest absolute Gasteiger partial charge is 0.111 e. The maximum Gasteiger partial charge on any atom is 0.111 e. The van der Waals surface area contributed by atoms with E-state index in [0.29, 0.717) is 12.8 Å². The topological polar surface area (TPSA) is 26.0 Å². The average molecular weight is 194 g/mol. The van der Waals surface area contributed by atoms with Gasteiger partial charge in [0.1, 0.15) is 5.67 Å². The maximum absolute atomic E-state index is 13.7. The molecular formula is C9H17ClFN. The molecule has 0 radical (unpaired) electrons. The second-order valence-corrected chi connectivity index (χ2v) is 4.37. The van der Waals surface area contributed by atoms with Crippen LogP contribution in [-0.2, 0) is 0 Å². The largest absolute Gasteiger partial charge is 0.325 e. The third-order valence-electron chi connectivity index (χ3n) is 3.44. The molecule has 0 saturated heterocycles. The van der Waals surface area contributed by atoms with E-state index in [-0.39, 0.29) is 17.9 Å². The van der Waals surface area contributed by atoms with Crippen LogP contribution in [0.4, 0.5) is 4.39 Å². The van der Waals surface area contributed by atoms with Gasteiger partial charge in [-0.05, 0) is 44.9 Å². The van der Waals surface area contributed by atoms with Crippen LogP contribution in [0.5, 0.6) is 0 Å². The van der Waals surface area contributed by atoms with Crippen LogP contribution in [0.3, 0.4) is 0 Å². The summed E-state index contributed by atoms with van der Waals surface area (Å²) in [4.78, 5) is 0. The zero-order chi connectivity index (χ0) is 7.95. The summed E-state index contributed by atoms with van der Waals surface area (Å²) < 4.78 is 13.7. The Bertz CT molecular complexity index is 146. The molecule has 1 nitrogen and oxygen atoms in total. The summed E-state index contributed by atoms with van der Waals surface area (Å²) in [5.41, 5.74) is 5.26. The van der Waals surface area contributed by atoms with E-state index in [9.17, 15) is 4.39 Å². The van der Waals surface area contributed by atoms with Crippen molar-refractivity contribution < 1.29 is 4.39 Å². The molecule has 0 spiro atoms. The van der Waals surface area contributed by atoms with E-state index in [2.05, 4.69) is 0 Å². The highest BCUT2D eigenvalue weighted by Gasteiger charge is 2.43. The van der Waals surface area contributed by atoms with E-state index in [1.54, 1.807) is 0 Å². The van der Waals surface area contributed by atoms with Crippen molar-refractivity contribution in [2.75, 3.05) is 0 Å². The Morgan fingerprint density at radius 1 is 0.917 bits per heavy atom. The lowest BCUT2D eigenvalue weighted by molar-refractivity contribution is 0.0891. The highest BCUT2D eigenvalue weighted by molar-refractivity contribution is 5.85. The Morgan fingerprint density at radius 3 is 2.08 bits per heavy atom. The lowest BCUT2D eigenvalue weighted by atomic mass is 9.77. The molecule has 0 aliphatic heterocycles. The van der Waals surface area contributed by atoms with Crippen LogP contribution in [0.25, 0.3) is 0 Å². The van der Waals surface area contributed by atoms with Gasteiger partial charge in [0.05, 0.1) is 0 Å². The fraction of sp³-hybridized carbons (Fsp3) is 1.00. The number of hydrogen-bond acceptors (Lipinski definition) is 1. The van der Waals surface area contributed by atoms with Crippen LogP contribution in [-0.4, -0.2) is 11.2 Å². The molecule has 3 heteroatoms. The summed E-state index contributed by atoms with van der Waals surface area (Å²) >= 11 is 0. The summed E-state index contributed by atoms with van der Waals surface area (Å²) in [7, 11) is 0. The maximum atomic E-state index is 13.7. The van der Waals surface area contributed by atoms with Gasteiger partial charge in [0.2, 0.25) is 0 Å². The van der Waals surface area contributed by atoms with Crippen molar-refractivity contribution in [1.29, 1.82) is 0 Å². The molecule has 3 rings (SSSR count). The van der Waals surface area contributed by atoms with E-state index >= 15 is 0 Å². The van der Waals surface area contributed by atoms with Crippen molar-refractivity contribution in [3.8, 4) is 0 Å². The molecule has 72 valence electrons. The molecule has 3 aliphatic carbocycles. The molecule has 12 heavy (non-hydrogen) atoms.